The van der Waals surface area contributed by atoms with Crippen molar-refractivity contribution in [1.29, 1.82) is 0 Å². The minimum absolute atomic E-state index is 0.590. The molecule has 0 saturated heterocycles. The van der Waals surface area contributed by atoms with Crippen molar-refractivity contribution < 1.29 is 0 Å². The van der Waals surface area contributed by atoms with Crippen molar-refractivity contribution in [3.05, 3.63) is 11.3 Å². The van der Waals surface area contributed by atoms with E-state index in [9.17, 15) is 0 Å². The van der Waals surface area contributed by atoms with Gasteiger partial charge in [0.05, 0.1) is 0 Å². The molecule has 1 nitrogen and oxygen atoms in total. The second-order valence-electron chi connectivity index (χ2n) is 5.28. The van der Waals surface area contributed by atoms with E-state index in [1.807, 2.05) is 0 Å². The third-order valence-corrected chi connectivity index (χ3v) is 4.32. The Morgan fingerprint density at radius 3 is 2.31 bits per heavy atom. The lowest BCUT2D eigenvalue weighted by molar-refractivity contribution is 0.360. The molecule has 1 heterocycles. The molecular formula is C12H21N. The molecule has 1 unspecified atom stereocenters. The largest absolute Gasteiger partial charge is 0.377 e. The smallest absolute Gasteiger partial charge is 0.0269 e. The molecule has 1 aliphatic carbocycles. The van der Waals surface area contributed by atoms with Gasteiger partial charge in [0.2, 0.25) is 0 Å². The topological polar surface area (TPSA) is 3.24 Å². The molecule has 0 bridgehead atoms. The molecule has 1 spiro atoms. The molecule has 1 fully saturated rings. The van der Waals surface area contributed by atoms with Gasteiger partial charge in [0.1, 0.15) is 0 Å². The molecule has 2 atom stereocenters. The summed E-state index contributed by atoms with van der Waals surface area (Å²) in [4.78, 5) is 2.43. The SMILES string of the molecule is CC1=C(C)[C@]2(CC2C(C)C)CN1C. The van der Waals surface area contributed by atoms with E-state index < -0.39 is 0 Å². The summed E-state index contributed by atoms with van der Waals surface area (Å²) in [6.45, 7) is 10.6. The predicted molar refractivity (Wildman–Crippen MR) is 56.4 cm³/mol. The van der Waals surface area contributed by atoms with Gasteiger partial charge in [-0.2, -0.15) is 0 Å². The molecule has 0 amide bonds. The Hall–Kier alpha value is -0.460. The minimum Gasteiger partial charge on any atom is -0.377 e. The lowest BCUT2D eigenvalue weighted by atomic mass is 9.92. The first-order valence-electron chi connectivity index (χ1n) is 5.38. The zero-order valence-corrected chi connectivity index (χ0v) is 9.52. The van der Waals surface area contributed by atoms with Crippen molar-refractivity contribution in [3.63, 3.8) is 0 Å². The second-order valence-corrected chi connectivity index (χ2v) is 5.28. The van der Waals surface area contributed by atoms with Gasteiger partial charge in [-0.3, -0.25) is 0 Å². The lowest BCUT2D eigenvalue weighted by Crippen LogP contribution is -2.18. The van der Waals surface area contributed by atoms with Crippen molar-refractivity contribution in [3.8, 4) is 0 Å². The van der Waals surface area contributed by atoms with Crippen LogP contribution >= 0.6 is 0 Å². The zero-order chi connectivity index (χ0) is 9.80. The Bertz CT molecular complexity index is 264. The maximum absolute atomic E-state index is 2.43. The molecule has 2 rings (SSSR count). The van der Waals surface area contributed by atoms with Gasteiger partial charge in [-0.25, -0.2) is 0 Å². The number of hydrogen-bond donors (Lipinski definition) is 0. The Morgan fingerprint density at radius 1 is 1.38 bits per heavy atom. The van der Waals surface area contributed by atoms with Crippen molar-refractivity contribution in [2.24, 2.45) is 17.3 Å². The highest BCUT2D eigenvalue weighted by atomic mass is 15.1. The van der Waals surface area contributed by atoms with Gasteiger partial charge in [-0.1, -0.05) is 13.8 Å². The summed E-state index contributed by atoms with van der Waals surface area (Å²) in [7, 11) is 2.23. The van der Waals surface area contributed by atoms with E-state index >= 15 is 0 Å². The first-order chi connectivity index (χ1) is 5.99. The number of nitrogens with zero attached hydrogens (tertiary/aromatic N) is 1. The zero-order valence-electron chi connectivity index (χ0n) is 9.52. The van der Waals surface area contributed by atoms with Gasteiger partial charge < -0.3 is 4.90 Å². The summed E-state index contributed by atoms with van der Waals surface area (Å²) in [6.07, 6.45) is 1.43. The first kappa shape index (κ1) is 9.11. The van der Waals surface area contributed by atoms with Crippen LogP contribution in [0.3, 0.4) is 0 Å². The molecular weight excluding hydrogens is 158 g/mol. The summed E-state index contributed by atoms with van der Waals surface area (Å²) in [5.74, 6) is 1.81. The molecule has 1 aliphatic heterocycles. The third kappa shape index (κ3) is 1.06. The molecule has 1 saturated carbocycles. The van der Waals surface area contributed by atoms with Gasteiger partial charge in [-0.05, 0) is 37.7 Å². The van der Waals surface area contributed by atoms with Crippen molar-refractivity contribution >= 4 is 0 Å². The van der Waals surface area contributed by atoms with E-state index in [0.29, 0.717) is 5.41 Å². The van der Waals surface area contributed by atoms with Crippen LogP contribution in [0, 0.1) is 17.3 Å². The van der Waals surface area contributed by atoms with Gasteiger partial charge in [0.25, 0.3) is 0 Å². The van der Waals surface area contributed by atoms with E-state index in [1.165, 1.54) is 18.7 Å². The standard InChI is InChI=1S/C12H21N/c1-8(2)11-6-12(11)7-13(5)10(4)9(12)3/h8,11H,6-7H2,1-5H3/t11?,12-/m0/s1. The average Bonchev–Trinajstić information content (AvgIpc) is 2.73. The fraction of sp³-hybridized carbons (Fsp3) is 0.833. The molecule has 13 heavy (non-hydrogen) atoms. The van der Waals surface area contributed by atoms with Gasteiger partial charge in [0, 0.05) is 24.7 Å². The van der Waals surface area contributed by atoms with Crippen molar-refractivity contribution in [2.45, 2.75) is 34.1 Å². The Balaban J connectivity index is 2.22. The summed E-state index contributed by atoms with van der Waals surface area (Å²) in [5.41, 5.74) is 3.77. The van der Waals surface area contributed by atoms with E-state index in [4.69, 9.17) is 0 Å². The van der Waals surface area contributed by atoms with Gasteiger partial charge >= 0.3 is 0 Å². The van der Waals surface area contributed by atoms with E-state index in [0.717, 1.165) is 11.8 Å². The van der Waals surface area contributed by atoms with Crippen LogP contribution in [0.5, 0.6) is 0 Å². The monoisotopic (exact) mass is 179 g/mol. The molecule has 2 aliphatic rings. The molecule has 1 heteroatoms. The van der Waals surface area contributed by atoms with Crippen LogP contribution in [0.15, 0.2) is 11.3 Å². The van der Waals surface area contributed by atoms with Crippen LogP contribution in [0.2, 0.25) is 0 Å². The van der Waals surface area contributed by atoms with Gasteiger partial charge in [-0.15, -0.1) is 0 Å². The molecule has 0 aromatic rings. The lowest BCUT2D eigenvalue weighted by Gasteiger charge is -2.16. The van der Waals surface area contributed by atoms with Crippen LogP contribution in [0.4, 0.5) is 0 Å². The summed E-state index contributed by atoms with van der Waals surface area (Å²) in [6, 6.07) is 0. The summed E-state index contributed by atoms with van der Waals surface area (Å²) in [5, 5.41) is 0. The van der Waals surface area contributed by atoms with Crippen LogP contribution in [0.25, 0.3) is 0 Å². The Labute approximate surface area is 81.8 Å². The Morgan fingerprint density at radius 2 is 2.00 bits per heavy atom. The van der Waals surface area contributed by atoms with Gasteiger partial charge in [0.15, 0.2) is 0 Å². The molecule has 74 valence electrons. The van der Waals surface area contributed by atoms with E-state index in [1.54, 1.807) is 5.57 Å². The summed E-state index contributed by atoms with van der Waals surface area (Å²) >= 11 is 0. The quantitative estimate of drug-likeness (QED) is 0.598. The first-order valence-corrected chi connectivity index (χ1v) is 5.38. The Kier molecular flexibility index (Phi) is 1.77. The predicted octanol–water partition coefficient (Wildman–Crippen LogP) is 2.89. The number of rotatable bonds is 1. The highest BCUT2D eigenvalue weighted by Crippen LogP contribution is 2.64. The highest BCUT2D eigenvalue weighted by Gasteiger charge is 2.59. The van der Waals surface area contributed by atoms with Crippen LogP contribution in [-0.2, 0) is 0 Å². The number of allylic oxidation sites excluding steroid dienone is 1. The fourth-order valence-corrected chi connectivity index (χ4v) is 3.13. The van der Waals surface area contributed by atoms with Crippen molar-refractivity contribution in [1.82, 2.24) is 4.90 Å². The second kappa shape index (κ2) is 2.52. The molecule has 0 radical (unpaired) electrons. The maximum Gasteiger partial charge on any atom is 0.0269 e. The van der Waals surface area contributed by atoms with Crippen LogP contribution in [-0.4, -0.2) is 18.5 Å². The summed E-state index contributed by atoms with van der Waals surface area (Å²) < 4.78 is 0. The van der Waals surface area contributed by atoms with Crippen molar-refractivity contribution in [2.75, 3.05) is 13.6 Å². The molecule has 0 aromatic heterocycles. The van der Waals surface area contributed by atoms with Crippen LogP contribution in [0.1, 0.15) is 34.1 Å². The highest BCUT2D eigenvalue weighted by molar-refractivity contribution is 5.33. The maximum atomic E-state index is 2.43. The average molecular weight is 179 g/mol. The third-order valence-electron chi connectivity index (χ3n) is 4.32. The molecule has 0 aromatic carbocycles. The number of hydrogen-bond acceptors (Lipinski definition) is 1. The fourth-order valence-electron chi connectivity index (χ4n) is 3.13. The van der Waals surface area contributed by atoms with E-state index in [2.05, 4.69) is 39.6 Å². The normalized spacial score (nSPS) is 38.3. The minimum atomic E-state index is 0.590. The molecule has 0 N–H and O–H groups in total. The van der Waals surface area contributed by atoms with Crippen LogP contribution < -0.4 is 0 Å². The van der Waals surface area contributed by atoms with E-state index in [-0.39, 0.29) is 0 Å².